The Bertz CT molecular complexity index is 699. The Morgan fingerprint density at radius 2 is 2.17 bits per heavy atom. The summed E-state index contributed by atoms with van der Waals surface area (Å²) in [7, 11) is 1.69. The molecule has 1 N–H and O–H groups in total. The van der Waals surface area contributed by atoms with Crippen LogP contribution in [-0.4, -0.2) is 41.9 Å². The molecule has 1 aromatic carbocycles. The molecule has 2 amide bonds. The van der Waals surface area contributed by atoms with Crippen molar-refractivity contribution >= 4 is 28.3 Å². The van der Waals surface area contributed by atoms with E-state index in [2.05, 4.69) is 10.3 Å². The van der Waals surface area contributed by atoms with Crippen LogP contribution in [0.5, 0.6) is 5.75 Å². The number of anilines is 1. The summed E-state index contributed by atoms with van der Waals surface area (Å²) in [6, 6.07) is 7.76. The summed E-state index contributed by atoms with van der Waals surface area (Å²) < 4.78 is 5.63. The van der Waals surface area contributed by atoms with Gasteiger partial charge in [0, 0.05) is 19.4 Å². The number of rotatable bonds is 6. The first-order valence-electron chi connectivity index (χ1n) is 7.14. The number of hydrogen-bond donors (Lipinski definition) is 1. The number of carbonyl (C=O) groups excluding carboxylic acids is 2. The van der Waals surface area contributed by atoms with Gasteiger partial charge >= 0.3 is 0 Å². The molecule has 0 aliphatic rings. The van der Waals surface area contributed by atoms with Gasteiger partial charge in [0.05, 0.1) is 6.54 Å². The van der Waals surface area contributed by atoms with Crippen molar-refractivity contribution in [1.82, 2.24) is 9.88 Å². The number of aryl methyl sites for hydroxylation is 1. The summed E-state index contributed by atoms with van der Waals surface area (Å²) in [5, 5.41) is 4.61. The van der Waals surface area contributed by atoms with Crippen LogP contribution in [0.15, 0.2) is 29.6 Å². The molecular formula is C16H19N3O3S. The van der Waals surface area contributed by atoms with Crippen molar-refractivity contribution in [3.05, 3.63) is 40.9 Å². The molecule has 0 fully saturated rings. The van der Waals surface area contributed by atoms with Gasteiger partial charge in [-0.2, -0.15) is 0 Å². The highest BCUT2D eigenvalue weighted by Crippen LogP contribution is 2.16. The Balaban J connectivity index is 1.85. The smallest absolute Gasteiger partial charge is 0.273 e. The van der Waals surface area contributed by atoms with Gasteiger partial charge in [0.25, 0.3) is 5.91 Å². The number of hydrogen-bond acceptors (Lipinski definition) is 5. The lowest BCUT2D eigenvalue weighted by Gasteiger charge is -2.16. The van der Waals surface area contributed by atoms with Gasteiger partial charge in [-0.1, -0.05) is 12.1 Å². The Labute approximate surface area is 139 Å². The summed E-state index contributed by atoms with van der Waals surface area (Å²) in [4.78, 5) is 28.9. The topological polar surface area (TPSA) is 71.5 Å². The molecule has 0 saturated heterocycles. The fourth-order valence-electron chi connectivity index (χ4n) is 1.88. The van der Waals surface area contributed by atoms with Crippen molar-refractivity contribution in [2.75, 3.05) is 25.5 Å². The lowest BCUT2D eigenvalue weighted by atomic mass is 10.2. The van der Waals surface area contributed by atoms with Crippen molar-refractivity contribution in [3.8, 4) is 5.75 Å². The van der Waals surface area contributed by atoms with Crippen LogP contribution in [-0.2, 0) is 4.79 Å². The summed E-state index contributed by atoms with van der Waals surface area (Å²) >= 11 is 1.22. The van der Waals surface area contributed by atoms with E-state index >= 15 is 0 Å². The van der Waals surface area contributed by atoms with Crippen LogP contribution >= 0.6 is 11.3 Å². The van der Waals surface area contributed by atoms with Gasteiger partial charge in [-0.25, -0.2) is 4.98 Å². The Morgan fingerprint density at radius 3 is 2.87 bits per heavy atom. The number of likely N-dealkylation sites (N-methyl/N-ethyl adjacent to an activating group) is 1. The molecule has 6 nitrogen and oxygen atoms in total. The number of nitrogens with one attached hydrogen (secondary N) is 1. The third-order valence-electron chi connectivity index (χ3n) is 3.04. The zero-order valence-corrected chi connectivity index (χ0v) is 14.1. The Morgan fingerprint density at radius 1 is 1.39 bits per heavy atom. The number of carbonyl (C=O) groups is 2. The van der Waals surface area contributed by atoms with Crippen LogP contribution in [0.25, 0.3) is 0 Å². The maximum atomic E-state index is 12.2. The average Bonchev–Trinajstić information content (AvgIpc) is 2.94. The molecule has 7 heteroatoms. The van der Waals surface area contributed by atoms with Crippen molar-refractivity contribution in [2.45, 2.75) is 13.8 Å². The molecule has 0 aliphatic carbocycles. The van der Waals surface area contributed by atoms with E-state index in [1.807, 2.05) is 31.2 Å². The summed E-state index contributed by atoms with van der Waals surface area (Å²) in [5.41, 5.74) is 1.44. The van der Waals surface area contributed by atoms with Crippen molar-refractivity contribution < 1.29 is 14.3 Å². The molecule has 0 aliphatic heterocycles. The van der Waals surface area contributed by atoms with E-state index in [4.69, 9.17) is 4.74 Å². The molecular weight excluding hydrogens is 314 g/mol. The standard InChI is InChI=1S/C16H19N3O3S/c1-11-5-4-6-13(9-11)22-8-7-19(3)15(21)14-10-23-16(18-14)17-12(2)20/h4-6,9-10H,7-8H2,1-3H3,(H,17,18,20). The third-order valence-corrected chi connectivity index (χ3v) is 3.80. The monoisotopic (exact) mass is 333 g/mol. The van der Waals surface area contributed by atoms with Gasteiger partial charge in [0.2, 0.25) is 5.91 Å². The summed E-state index contributed by atoms with van der Waals surface area (Å²) in [6.45, 7) is 4.24. The minimum Gasteiger partial charge on any atom is -0.492 e. The Kier molecular flexibility index (Phi) is 5.70. The molecule has 0 atom stereocenters. The lowest BCUT2D eigenvalue weighted by Crippen LogP contribution is -2.31. The Hall–Kier alpha value is -2.41. The molecule has 2 rings (SSSR count). The van der Waals surface area contributed by atoms with Crippen LogP contribution in [0, 0.1) is 6.92 Å². The highest BCUT2D eigenvalue weighted by atomic mass is 32.1. The van der Waals surface area contributed by atoms with Gasteiger partial charge in [-0.3, -0.25) is 9.59 Å². The minimum atomic E-state index is -0.210. The molecule has 0 radical (unpaired) electrons. The van der Waals surface area contributed by atoms with Gasteiger partial charge < -0.3 is 15.0 Å². The maximum Gasteiger partial charge on any atom is 0.273 e. The first-order chi connectivity index (χ1) is 11.0. The van der Waals surface area contributed by atoms with Crippen LogP contribution in [0.1, 0.15) is 23.0 Å². The maximum absolute atomic E-state index is 12.2. The number of nitrogens with zero attached hydrogens (tertiary/aromatic N) is 2. The molecule has 0 spiro atoms. The number of amides is 2. The number of benzene rings is 1. The first kappa shape index (κ1) is 17.0. The summed E-state index contributed by atoms with van der Waals surface area (Å²) in [6.07, 6.45) is 0. The largest absolute Gasteiger partial charge is 0.492 e. The normalized spacial score (nSPS) is 10.2. The molecule has 0 unspecified atom stereocenters. The van der Waals surface area contributed by atoms with Gasteiger partial charge in [0.1, 0.15) is 18.1 Å². The lowest BCUT2D eigenvalue weighted by molar-refractivity contribution is -0.114. The van der Waals surface area contributed by atoms with Crippen molar-refractivity contribution in [3.63, 3.8) is 0 Å². The van der Waals surface area contributed by atoms with Gasteiger partial charge in [0.15, 0.2) is 5.13 Å². The third kappa shape index (κ3) is 5.07. The van der Waals surface area contributed by atoms with E-state index in [-0.39, 0.29) is 11.8 Å². The fourth-order valence-corrected chi connectivity index (χ4v) is 2.61. The SMILES string of the molecule is CC(=O)Nc1nc(C(=O)N(C)CCOc2cccc(C)c2)cs1. The minimum absolute atomic E-state index is 0.203. The predicted molar refractivity (Wildman–Crippen MR) is 90.1 cm³/mol. The van der Waals surface area contributed by atoms with Crippen LogP contribution < -0.4 is 10.1 Å². The first-order valence-corrected chi connectivity index (χ1v) is 8.01. The van der Waals surface area contributed by atoms with Gasteiger partial charge in [-0.15, -0.1) is 11.3 Å². The molecule has 1 aromatic heterocycles. The highest BCUT2D eigenvalue weighted by Gasteiger charge is 2.15. The van der Waals surface area contributed by atoms with Crippen LogP contribution in [0.4, 0.5) is 5.13 Å². The zero-order chi connectivity index (χ0) is 16.8. The molecule has 1 heterocycles. The number of thiazole rings is 1. The van der Waals surface area contributed by atoms with E-state index in [1.165, 1.54) is 18.3 Å². The van der Waals surface area contributed by atoms with Crippen LogP contribution in [0.2, 0.25) is 0 Å². The van der Waals surface area contributed by atoms with Gasteiger partial charge in [-0.05, 0) is 24.6 Å². The zero-order valence-electron chi connectivity index (χ0n) is 13.3. The average molecular weight is 333 g/mol. The molecule has 23 heavy (non-hydrogen) atoms. The molecule has 122 valence electrons. The van der Waals surface area contributed by atoms with Crippen molar-refractivity contribution in [1.29, 1.82) is 0 Å². The van der Waals surface area contributed by atoms with E-state index in [0.717, 1.165) is 11.3 Å². The van der Waals surface area contributed by atoms with E-state index in [9.17, 15) is 9.59 Å². The second-order valence-corrected chi connectivity index (χ2v) is 5.97. The fraction of sp³-hybridized carbons (Fsp3) is 0.312. The van der Waals surface area contributed by atoms with E-state index < -0.39 is 0 Å². The number of aromatic nitrogens is 1. The van der Waals surface area contributed by atoms with E-state index in [0.29, 0.717) is 24.0 Å². The summed E-state index contributed by atoms with van der Waals surface area (Å²) in [5.74, 6) is 0.372. The predicted octanol–water partition coefficient (Wildman–Crippen LogP) is 2.56. The second-order valence-electron chi connectivity index (χ2n) is 5.11. The number of ether oxygens (including phenoxy) is 1. The molecule has 2 aromatic rings. The second kappa shape index (κ2) is 7.73. The molecule has 0 bridgehead atoms. The van der Waals surface area contributed by atoms with Crippen LogP contribution in [0.3, 0.4) is 0 Å². The quantitative estimate of drug-likeness (QED) is 0.882. The van der Waals surface area contributed by atoms with Crippen molar-refractivity contribution in [2.24, 2.45) is 0 Å². The highest BCUT2D eigenvalue weighted by molar-refractivity contribution is 7.14. The molecule has 0 saturated carbocycles. The van der Waals surface area contributed by atoms with E-state index in [1.54, 1.807) is 17.3 Å².